The van der Waals surface area contributed by atoms with Crippen LogP contribution in [0.15, 0.2) is 39.3 Å². The van der Waals surface area contributed by atoms with E-state index in [9.17, 15) is 0 Å². The number of halogens is 2. The van der Waals surface area contributed by atoms with E-state index >= 15 is 0 Å². The van der Waals surface area contributed by atoms with Crippen molar-refractivity contribution < 1.29 is 4.74 Å². The van der Waals surface area contributed by atoms with Crippen LogP contribution in [0.2, 0.25) is 0 Å². The summed E-state index contributed by atoms with van der Waals surface area (Å²) in [5, 5.41) is 3.82. The topological polar surface area (TPSA) is 38.6 Å². The number of fused-ring (bicyclic) bond motifs is 1. The first-order valence-corrected chi connectivity index (χ1v) is 11.0. The molecule has 4 rings (SSSR count). The molecular weight excluding hydrogens is 470 g/mol. The number of rotatable bonds is 4. The number of hydrogen-bond acceptors (Lipinski definition) is 3. The zero-order valence-corrected chi connectivity index (χ0v) is 18.7. The zero-order valence-electron chi connectivity index (χ0n) is 15.6. The van der Waals surface area contributed by atoms with Crippen molar-refractivity contribution in [2.45, 2.75) is 45.1 Å². The minimum atomic E-state index is 0.476. The molecule has 4 nitrogen and oxygen atoms in total. The molecule has 0 bridgehead atoms. The van der Waals surface area contributed by atoms with Gasteiger partial charge in [0.05, 0.1) is 11.6 Å². The van der Waals surface area contributed by atoms with E-state index in [1.54, 1.807) is 7.11 Å². The molecule has 0 spiro atoms. The lowest BCUT2D eigenvalue weighted by atomic mass is 9.95. The van der Waals surface area contributed by atoms with Crippen molar-refractivity contribution in [2.24, 2.45) is 0 Å². The molecular formula is C21H23Br2N3O. The second kappa shape index (κ2) is 7.84. The molecule has 3 aromatic rings. The van der Waals surface area contributed by atoms with Crippen LogP contribution in [-0.4, -0.2) is 22.5 Å². The van der Waals surface area contributed by atoms with Crippen molar-refractivity contribution in [1.29, 1.82) is 0 Å². The summed E-state index contributed by atoms with van der Waals surface area (Å²) >= 11 is 7.38. The fourth-order valence-electron chi connectivity index (χ4n) is 3.90. The highest BCUT2D eigenvalue weighted by Crippen LogP contribution is 2.39. The first kappa shape index (κ1) is 18.8. The highest BCUT2D eigenvalue weighted by atomic mass is 79.9. The van der Waals surface area contributed by atoms with Gasteiger partial charge in [-0.1, -0.05) is 31.4 Å². The summed E-state index contributed by atoms with van der Waals surface area (Å²) in [6.45, 7) is 2.11. The molecule has 1 fully saturated rings. The van der Waals surface area contributed by atoms with Crippen LogP contribution in [0.5, 0.6) is 5.75 Å². The third kappa shape index (κ3) is 3.49. The Hall–Kier alpha value is -1.53. The first-order valence-electron chi connectivity index (χ1n) is 9.37. The predicted molar refractivity (Wildman–Crippen MR) is 118 cm³/mol. The Morgan fingerprint density at radius 3 is 2.59 bits per heavy atom. The average Bonchev–Trinajstić information content (AvgIpc) is 3.06. The van der Waals surface area contributed by atoms with Gasteiger partial charge in [-0.05, 0) is 69.8 Å². The summed E-state index contributed by atoms with van der Waals surface area (Å²) < 4.78 is 9.86. The van der Waals surface area contributed by atoms with Crippen LogP contribution < -0.4 is 10.1 Å². The van der Waals surface area contributed by atoms with Crippen LogP contribution >= 0.6 is 31.9 Å². The van der Waals surface area contributed by atoms with Crippen molar-refractivity contribution in [3.8, 4) is 17.0 Å². The Labute approximate surface area is 176 Å². The number of ether oxygens (including phenoxy) is 1. The zero-order chi connectivity index (χ0) is 19.0. The molecule has 0 amide bonds. The molecule has 1 aliphatic rings. The van der Waals surface area contributed by atoms with Crippen LogP contribution in [0.1, 0.15) is 37.8 Å². The van der Waals surface area contributed by atoms with Gasteiger partial charge in [0, 0.05) is 21.8 Å². The molecule has 2 heterocycles. The molecule has 0 aliphatic heterocycles. The molecule has 27 heavy (non-hydrogen) atoms. The maximum Gasteiger partial charge on any atom is 0.153 e. The molecule has 1 saturated carbocycles. The number of para-hydroxylation sites is 1. The summed E-state index contributed by atoms with van der Waals surface area (Å²) in [4.78, 5) is 5.01. The predicted octanol–water partition coefficient (Wildman–Crippen LogP) is 6.59. The van der Waals surface area contributed by atoms with E-state index in [1.165, 1.54) is 32.1 Å². The van der Waals surface area contributed by atoms with E-state index in [0.717, 1.165) is 43.1 Å². The number of anilines is 1. The third-order valence-electron chi connectivity index (χ3n) is 5.33. The number of imidazole rings is 1. The van der Waals surface area contributed by atoms with E-state index in [0.29, 0.717) is 6.04 Å². The molecule has 142 valence electrons. The van der Waals surface area contributed by atoms with Gasteiger partial charge < -0.3 is 10.1 Å². The number of methoxy groups -OCH3 is 1. The van der Waals surface area contributed by atoms with Gasteiger partial charge in [0.25, 0.3) is 0 Å². The lowest BCUT2D eigenvalue weighted by Gasteiger charge is -2.24. The Morgan fingerprint density at radius 1 is 1.11 bits per heavy atom. The van der Waals surface area contributed by atoms with E-state index in [1.807, 2.05) is 18.2 Å². The number of aryl methyl sites for hydroxylation is 1. The number of benzene rings is 1. The number of pyridine rings is 1. The first-order chi connectivity index (χ1) is 13.1. The van der Waals surface area contributed by atoms with Crippen LogP contribution in [0.25, 0.3) is 16.9 Å². The molecule has 2 aromatic heterocycles. The number of hydrogen-bond donors (Lipinski definition) is 1. The van der Waals surface area contributed by atoms with Crippen molar-refractivity contribution in [1.82, 2.24) is 9.38 Å². The summed E-state index contributed by atoms with van der Waals surface area (Å²) in [7, 11) is 1.71. The molecule has 1 aliphatic carbocycles. The van der Waals surface area contributed by atoms with E-state index in [2.05, 4.69) is 60.6 Å². The highest BCUT2D eigenvalue weighted by molar-refractivity contribution is 9.11. The van der Waals surface area contributed by atoms with Crippen LogP contribution in [0.3, 0.4) is 0 Å². The van der Waals surface area contributed by atoms with E-state index in [4.69, 9.17) is 9.72 Å². The van der Waals surface area contributed by atoms with Gasteiger partial charge in [0.1, 0.15) is 17.3 Å². The normalized spacial score (nSPS) is 15.3. The van der Waals surface area contributed by atoms with Gasteiger partial charge in [-0.3, -0.25) is 4.40 Å². The van der Waals surface area contributed by atoms with Gasteiger partial charge >= 0.3 is 0 Å². The fourth-order valence-corrected chi connectivity index (χ4v) is 5.10. The second-order valence-electron chi connectivity index (χ2n) is 7.07. The molecule has 6 heteroatoms. The van der Waals surface area contributed by atoms with Crippen molar-refractivity contribution in [3.05, 3.63) is 45.0 Å². The minimum absolute atomic E-state index is 0.476. The molecule has 1 N–H and O–H groups in total. The lowest BCUT2D eigenvalue weighted by Crippen LogP contribution is -2.23. The Bertz CT molecular complexity index is 977. The Kier molecular flexibility index (Phi) is 5.46. The SMILES string of the molecule is COc1ccccc1-c1nc2c(Br)cc(Br)c(C)n2c1NC1CCCCC1. The molecule has 0 radical (unpaired) electrons. The van der Waals surface area contributed by atoms with Crippen molar-refractivity contribution in [2.75, 3.05) is 12.4 Å². The average molecular weight is 493 g/mol. The molecule has 1 aromatic carbocycles. The molecule has 0 saturated heterocycles. The monoisotopic (exact) mass is 491 g/mol. The summed E-state index contributed by atoms with van der Waals surface area (Å²) in [5.41, 5.74) is 3.97. The Morgan fingerprint density at radius 2 is 1.85 bits per heavy atom. The van der Waals surface area contributed by atoms with Crippen molar-refractivity contribution >= 4 is 43.3 Å². The van der Waals surface area contributed by atoms with Gasteiger partial charge in [-0.2, -0.15) is 0 Å². The number of nitrogens with zero attached hydrogens (tertiary/aromatic N) is 2. The molecule has 0 atom stereocenters. The van der Waals surface area contributed by atoms with Crippen LogP contribution in [0, 0.1) is 6.92 Å². The smallest absolute Gasteiger partial charge is 0.153 e. The van der Waals surface area contributed by atoms with Crippen LogP contribution in [0.4, 0.5) is 5.82 Å². The van der Waals surface area contributed by atoms with Gasteiger partial charge in [-0.25, -0.2) is 4.98 Å². The number of nitrogens with one attached hydrogen (secondary N) is 1. The summed E-state index contributed by atoms with van der Waals surface area (Å²) in [6.07, 6.45) is 6.30. The summed E-state index contributed by atoms with van der Waals surface area (Å²) in [5.74, 6) is 1.88. The lowest BCUT2D eigenvalue weighted by molar-refractivity contribution is 0.416. The van der Waals surface area contributed by atoms with Gasteiger partial charge in [0.2, 0.25) is 0 Å². The van der Waals surface area contributed by atoms with Gasteiger partial charge in [0.15, 0.2) is 5.65 Å². The minimum Gasteiger partial charge on any atom is -0.496 e. The standard InChI is InChI=1S/C21H23Br2N3O/c1-13-16(22)12-17(23)20-25-19(15-10-6-7-11-18(15)27-2)21(26(13)20)24-14-8-4-3-5-9-14/h6-7,10-12,14,24H,3-5,8-9H2,1-2H3. The third-order valence-corrected chi connectivity index (χ3v) is 6.72. The highest BCUT2D eigenvalue weighted by Gasteiger charge is 2.23. The van der Waals surface area contributed by atoms with Gasteiger partial charge in [-0.15, -0.1) is 0 Å². The summed E-state index contributed by atoms with van der Waals surface area (Å²) in [6, 6.07) is 10.6. The maximum absolute atomic E-state index is 5.63. The van der Waals surface area contributed by atoms with Crippen molar-refractivity contribution in [3.63, 3.8) is 0 Å². The fraction of sp³-hybridized carbons (Fsp3) is 0.381. The van der Waals surface area contributed by atoms with Crippen LogP contribution in [-0.2, 0) is 0 Å². The quantitative estimate of drug-likeness (QED) is 0.446. The Balaban J connectivity index is 1.95. The number of aromatic nitrogens is 2. The maximum atomic E-state index is 5.63. The molecule has 0 unspecified atom stereocenters. The largest absolute Gasteiger partial charge is 0.496 e. The second-order valence-corrected chi connectivity index (χ2v) is 8.78. The van der Waals surface area contributed by atoms with E-state index in [-0.39, 0.29) is 0 Å². The van der Waals surface area contributed by atoms with E-state index < -0.39 is 0 Å².